The predicted molar refractivity (Wildman–Crippen MR) is 150 cm³/mol. The third-order valence-corrected chi connectivity index (χ3v) is 6.55. The lowest BCUT2D eigenvalue weighted by Crippen LogP contribution is -2.20. The van der Waals surface area contributed by atoms with Gasteiger partial charge in [-0.1, -0.05) is 60.7 Å². The molecule has 0 aliphatic heterocycles. The van der Waals surface area contributed by atoms with E-state index in [1.54, 1.807) is 12.1 Å². The van der Waals surface area contributed by atoms with E-state index >= 15 is 0 Å². The maximum atomic E-state index is 13.3. The van der Waals surface area contributed by atoms with E-state index in [0.29, 0.717) is 10.8 Å². The number of benzene rings is 4. The number of thiocarbonyl (C=S) groups is 1. The van der Waals surface area contributed by atoms with Crippen molar-refractivity contribution in [3.8, 4) is 0 Å². The van der Waals surface area contributed by atoms with Crippen LogP contribution >= 0.6 is 24.0 Å². The molecule has 4 aromatic rings. The minimum Gasteiger partial charge on any atom is -0.478 e. The summed E-state index contributed by atoms with van der Waals surface area (Å²) in [5.41, 5.74) is 3.03. The van der Waals surface area contributed by atoms with Gasteiger partial charge in [-0.3, -0.25) is 4.79 Å². The van der Waals surface area contributed by atoms with E-state index < -0.39 is 11.2 Å². The van der Waals surface area contributed by atoms with Gasteiger partial charge in [0, 0.05) is 22.0 Å². The van der Waals surface area contributed by atoms with E-state index in [0.717, 1.165) is 21.8 Å². The molecule has 0 aliphatic rings. The quantitative estimate of drug-likeness (QED) is 0.155. The number of carbonyl (C=O) groups excluding carboxylic acids is 1. The molecule has 1 atom stereocenters. The Morgan fingerprint density at radius 3 is 1.97 bits per heavy atom. The highest BCUT2D eigenvalue weighted by Crippen LogP contribution is 2.37. The number of amides is 1. The van der Waals surface area contributed by atoms with Crippen LogP contribution in [0.1, 0.15) is 21.2 Å². The largest absolute Gasteiger partial charge is 0.478 e. The van der Waals surface area contributed by atoms with Crippen LogP contribution in [-0.4, -0.2) is 22.1 Å². The van der Waals surface area contributed by atoms with E-state index in [1.165, 1.54) is 23.9 Å². The molecule has 0 heterocycles. The molecule has 4 N–H and O–H groups in total. The fourth-order valence-electron chi connectivity index (χ4n) is 3.44. The average Bonchev–Trinajstić information content (AvgIpc) is 2.88. The number of hydrogen-bond donors (Lipinski definition) is 4. The molecule has 0 radical (unpaired) electrons. The van der Waals surface area contributed by atoms with Gasteiger partial charge in [-0.15, -0.1) is 11.8 Å². The Morgan fingerprint density at radius 2 is 1.28 bits per heavy atom. The second kappa shape index (κ2) is 12.0. The third kappa shape index (κ3) is 6.94. The minimum absolute atomic E-state index is 0.107. The van der Waals surface area contributed by atoms with Crippen LogP contribution in [0, 0.1) is 0 Å². The van der Waals surface area contributed by atoms with Crippen molar-refractivity contribution in [2.24, 2.45) is 0 Å². The summed E-state index contributed by atoms with van der Waals surface area (Å²) in [7, 11) is 0. The van der Waals surface area contributed by atoms with Gasteiger partial charge in [-0.05, 0) is 66.3 Å². The molecule has 0 bridgehead atoms. The summed E-state index contributed by atoms with van der Waals surface area (Å²) >= 11 is 6.83. The highest BCUT2D eigenvalue weighted by molar-refractivity contribution is 8.00. The van der Waals surface area contributed by atoms with Gasteiger partial charge in [0.15, 0.2) is 5.11 Å². The SMILES string of the molecule is O=C(O)c1cccc(NC(=O)C(Sc2cccc(NC(=S)Nc3ccccc3)c2)c2ccccc2)c1. The molecule has 0 aromatic heterocycles. The lowest BCUT2D eigenvalue weighted by molar-refractivity contribution is -0.115. The molecular formula is C28H23N3O3S2. The maximum Gasteiger partial charge on any atom is 0.335 e. The molecule has 4 rings (SSSR count). The standard InChI is InChI=1S/C28H23N3O3S2/c32-26(29-22-14-7-11-20(17-22)27(33)34)25(19-9-3-1-4-10-19)36-24-16-8-15-23(18-24)31-28(35)30-21-12-5-2-6-13-21/h1-18,25H,(H,29,32)(H,33,34)(H2,30,31,35). The first-order valence-corrected chi connectivity index (χ1v) is 12.4. The van der Waals surface area contributed by atoms with Crippen molar-refractivity contribution in [1.29, 1.82) is 0 Å². The number of para-hydroxylation sites is 1. The van der Waals surface area contributed by atoms with Crippen molar-refractivity contribution in [2.75, 3.05) is 16.0 Å². The second-order valence-electron chi connectivity index (χ2n) is 7.76. The molecule has 8 heteroatoms. The second-order valence-corrected chi connectivity index (χ2v) is 9.34. The van der Waals surface area contributed by atoms with Crippen molar-refractivity contribution >= 4 is 58.0 Å². The summed E-state index contributed by atoms with van der Waals surface area (Å²) < 4.78 is 0. The lowest BCUT2D eigenvalue weighted by atomic mass is 10.1. The summed E-state index contributed by atoms with van der Waals surface area (Å²) in [6.07, 6.45) is 0. The third-order valence-electron chi connectivity index (χ3n) is 5.10. The molecular weight excluding hydrogens is 490 g/mol. The number of anilines is 3. The summed E-state index contributed by atoms with van der Waals surface area (Å²) in [4.78, 5) is 25.5. The van der Waals surface area contributed by atoms with Crippen LogP contribution in [0.3, 0.4) is 0 Å². The molecule has 6 nitrogen and oxygen atoms in total. The van der Waals surface area contributed by atoms with Gasteiger partial charge in [0.1, 0.15) is 5.25 Å². The van der Waals surface area contributed by atoms with Crippen LogP contribution in [0.4, 0.5) is 17.1 Å². The molecule has 36 heavy (non-hydrogen) atoms. The zero-order valence-corrected chi connectivity index (χ0v) is 20.7. The fraction of sp³-hybridized carbons (Fsp3) is 0.0357. The zero-order valence-electron chi connectivity index (χ0n) is 19.0. The Labute approximate surface area is 218 Å². The smallest absolute Gasteiger partial charge is 0.335 e. The van der Waals surface area contributed by atoms with Gasteiger partial charge >= 0.3 is 5.97 Å². The number of carboxylic acids is 1. The first-order valence-electron chi connectivity index (χ1n) is 11.1. The Bertz CT molecular complexity index is 1360. The van der Waals surface area contributed by atoms with E-state index in [2.05, 4.69) is 16.0 Å². The number of aromatic carboxylic acids is 1. The highest BCUT2D eigenvalue weighted by atomic mass is 32.2. The lowest BCUT2D eigenvalue weighted by Gasteiger charge is -2.18. The fourth-order valence-corrected chi connectivity index (χ4v) is 4.76. The van der Waals surface area contributed by atoms with Gasteiger partial charge in [-0.2, -0.15) is 0 Å². The number of carbonyl (C=O) groups is 2. The average molecular weight is 514 g/mol. The molecule has 180 valence electrons. The maximum absolute atomic E-state index is 13.3. The molecule has 4 aromatic carbocycles. The Balaban J connectivity index is 1.51. The molecule has 1 unspecified atom stereocenters. The summed E-state index contributed by atoms with van der Waals surface area (Å²) in [5, 5.41) is 18.3. The summed E-state index contributed by atoms with van der Waals surface area (Å²) in [6.45, 7) is 0. The van der Waals surface area contributed by atoms with Gasteiger partial charge in [0.25, 0.3) is 0 Å². The van der Waals surface area contributed by atoms with Crippen molar-refractivity contribution < 1.29 is 14.7 Å². The molecule has 0 saturated heterocycles. The first-order chi connectivity index (χ1) is 17.5. The number of nitrogens with one attached hydrogen (secondary N) is 3. The van der Waals surface area contributed by atoms with Gasteiger partial charge in [0.2, 0.25) is 5.91 Å². The van der Waals surface area contributed by atoms with Gasteiger partial charge < -0.3 is 21.1 Å². The van der Waals surface area contributed by atoms with Crippen LogP contribution in [0.25, 0.3) is 0 Å². The van der Waals surface area contributed by atoms with Gasteiger partial charge in [0.05, 0.1) is 5.56 Å². The van der Waals surface area contributed by atoms with Crippen LogP contribution in [0.15, 0.2) is 114 Å². The van der Waals surface area contributed by atoms with Gasteiger partial charge in [-0.25, -0.2) is 4.79 Å². The summed E-state index contributed by atoms with van der Waals surface area (Å²) in [5.74, 6) is -1.31. The van der Waals surface area contributed by atoms with Crippen LogP contribution in [0.2, 0.25) is 0 Å². The van der Waals surface area contributed by atoms with E-state index in [4.69, 9.17) is 12.2 Å². The van der Waals surface area contributed by atoms with E-state index in [9.17, 15) is 14.7 Å². The van der Waals surface area contributed by atoms with Crippen LogP contribution in [0.5, 0.6) is 0 Å². The monoisotopic (exact) mass is 513 g/mol. The van der Waals surface area contributed by atoms with Crippen molar-refractivity contribution in [2.45, 2.75) is 10.1 Å². The Kier molecular flexibility index (Phi) is 8.33. The predicted octanol–water partition coefficient (Wildman–Crippen LogP) is 6.67. The van der Waals surface area contributed by atoms with Crippen LogP contribution in [-0.2, 0) is 4.79 Å². The van der Waals surface area contributed by atoms with Crippen molar-refractivity contribution in [3.63, 3.8) is 0 Å². The highest BCUT2D eigenvalue weighted by Gasteiger charge is 2.22. The molecule has 0 spiro atoms. The summed E-state index contributed by atoms with van der Waals surface area (Å²) in [6, 6.07) is 32.9. The van der Waals surface area contributed by atoms with E-state index in [1.807, 2.05) is 84.9 Å². The molecule has 1 amide bonds. The Morgan fingerprint density at radius 1 is 0.694 bits per heavy atom. The Hall–Kier alpha value is -4.14. The van der Waals surface area contributed by atoms with E-state index in [-0.39, 0.29) is 11.5 Å². The number of carboxylic acid groups (broad SMARTS) is 1. The van der Waals surface area contributed by atoms with Crippen molar-refractivity contribution in [3.05, 3.63) is 120 Å². The number of rotatable bonds is 8. The molecule has 0 aliphatic carbocycles. The van der Waals surface area contributed by atoms with Crippen molar-refractivity contribution in [1.82, 2.24) is 0 Å². The topological polar surface area (TPSA) is 90.5 Å². The zero-order chi connectivity index (χ0) is 25.3. The number of thioether (sulfide) groups is 1. The minimum atomic E-state index is -1.05. The first kappa shape index (κ1) is 25.0. The number of hydrogen-bond acceptors (Lipinski definition) is 4. The normalized spacial score (nSPS) is 11.2. The molecule has 0 saturated carbocycles. The molecule has 0 fully saturated rings. The van der Waals surface area contributed by atoms with Crippen LogP contribution < -0.4 is 16.0 Å².